The zero-order chi connectivity index (χ0) is 21.1. The molecular weight excluding hydrogens is 384 g/mol. The molecule has 30 heavy (non-hydrogen) atoms. The Morgan fingerprint density at radius 3 is 2.33 bits per heavy atom. The molecular formula is C21H18N6O3. The van der Waals surface area contributed by atoms with E-state index < -0.39 is 0 Å². The van der Waals surface area contributed by atoms with E-state index in [2.05, 4.69) is 26.2 Å². The Morgan fingerprint density at radius 2 is 1.67 bits per heavy atom. The molecule has 2 N–H and O–H groups in total. The van der Waals surface area contributed by atoms with Gasteiger partial charge in [0, 0.05) is 16.9 Å². The molecule has 0 aliphatic carbocycles. The van der Waals surface area contributed by atoms with E-state index in [1.54, 1.807) is 48.0 Å². The number of rotatable bonds is 5. The van der Waals surface area contributed by atoms with Gasteiger partial charge in [0.15, 0.2) is 11.6 Å². The number of carbonyl (C=O) groups is 2. The van der Waals surface area contributed by atoms with Gasteiger partial charge in [0.2, 0.25) is 0 Å². The highest BCUT2D eigenvalue weighted by molar-refractivity contribution is 6.05. The van der Waals surface area contributed by atoms with Crippen molar-refractivity contribution in [2.24, 2.45) is 0 Å². The molecule has 0 spiro atoms. The Labute approximate surface area is 171 Å². The summed E-state index contributed by atoms with van der Waals surface area (Å²) in [6.45, 7) is 3.74. The minimum Gasteiger partial charge on any atom is -0.459 e. The largest absolute Gasteiger partial charge is 0.459 e. The molecule has 2 aromatic carbocycles. The van der Waals surface area contributed by atoms with Crippen LogP contribution in [-0.2, 0) is 0 Å². The molecule has 9 nitrogen and oxygen atoms in total. The first-order valence-corrected chi connectivity index (χ1v) is 9.13. The topological polar surface area (TPSA) is 115 Å². The number of amides is 2. The summed E-state index contributed by atoms with van der Waals surface area (Å²) in [5.41, 5.74) is 3.38. The average Bonchev–Trinajstić information content (AvgIpc) is 3.42. The van der Waals surface area contributed by atoms with Crippen LogP contribution in [0.15, 0.2) is 65.3 Å². The smallest absolute Gasteiger partial charge is 0.291 e. The van der Waals surface area contributed by atoms with Crippen molar-refractivity contribution in [3.63, 3.8) is 0 Å². The monoisotopic (exact) mass is 402 g/mol. The molecule has 0 aliphatic heterocycles. The van der Waals surface area contributed by atoms with E-state index in [9.17, 15) is 9.59 Å². The summed E-state index contributed by atoms with van der Waals surface area (Å²) in [4.78, 5) is 24.6. The molecule has 150 valence electrons. The highest BCUT2D eigenvalue weighted by Gasteiger charge is 2.12. The third-order valence-electron chi connectivity index (χ3n) is 4.47. The second kappa shape index (κ2) is 8.00. The number of anilines is 2. The summed E-state index contributed by atoms with van der Waals surface area (Å²) in [6, 6.07) is 15.3. The average molecular weight is 402 g/mol. The van der Waals surface area contributed by atoms with Crippen LogP contribution in [0.5, 0.6) is 0 Å². The number of aromatic nitrogens is 4. The molecule has 0 saturated carbocycles. The number of tetrazole rings is 1. The molecule has 2 heterocycles. The summed E-state index contributed by atoms with van der Waals surface area (Å²) >= 11 is 0. The lowest BCUT2D eigenvalue weighted by atomic mass is 10.1. The quantitative estimate of drug-likeness (QED) is 0.529. The Morgan fingerprint density at radius 1 is 0.933 bits per heavy atom. The lowest BCUT2D eigenvalue weighted by Crippen LogP contribution is -2.14. The van der Waals surface area contributed by atoms with Gasteiger partial charge in [0.05, 0.1) is 12.0 Å². The van der Waals surface area contributed by atoms with Crippen LogP contribution in [0, 0.1) is 13.8 Å². The van der Waals surface area contributed by atoms with Gasteiger partial charge in [0.25, 0.3) is 11.8 Å². The highest BCUT2D eigenvalue weighted by Crippen LogP contribution is 2.20. The van der Waals surface area contributed by atoms with Crippen LogP contribution < -0.4 is 10.6 Å². The first-order valence-electron chi connectivity index (χ1n) is 9.13. The molecule has 0 bridgehead atoms. The molecule has 4 rings (SSSR count). The summed E-state index contributed by atoms with van der Waals surface area (Å²) in [5.74, 6) is 0.225. The van der Waals surface area contributed by atoms with Crippen molar-refractivity contribution in [1.29, 1.82) is 0 Å². The predicted octanol–water partition coefficient (Wildman–Crippen LogP) is 3.38. The molecule has 0 radical (unpaired) electrons. The highest BCUT2D eigenvalue weighted by atomic mass is 16.3. The van der Waals surface area contributed by atoms with Crippen LogP contribution in [0.1, 0.15) is 32.3 Å². The Balaban J connectivity index is 1.46. The molecule has 0 fully saturated rings. The van der Waals surface area contributed by atoms with Crippen molar-refractivity contribution in [3.05, 3.63) is 83.6 Å². The molecule has 0 saturated heterocycles. The standard InChI is InChI=1S/C21H18N6O3/c1-13-5-8-17(12-18(13)27-14(2)24-25-26-27)23-20(28)15-6-9-16(10-7-15)22-21(29)19-4-3-11-30-19/h3-12H,1-2H3,(H,22,29)(H,23,28). The lowest BCUT2D eigenvalue weighted by Gasteiger charge is -2.11. The normalized spacial score (nSPS) is 10.6. The SMILES string of the molecule is Cc1ccc(NC(=O)c2ccc(NC(=O)c3ccco3)cc2)cc1-n1nnnc1C. The fourth-order valence-electron chi connectivity index (χ4n) is 2.88. The van der Waals surface area contributed by atoms with Gasteiger partial charge in [-0.1, -0.05) is 6.07 Å². The van der Waals surface area contributed by atoms with Crippen LogP contribution in [-0.4, -0.2) is 32.0 Å². The van der Waals surface area contributed by atoms with Crippen LogP contribution >= 0.6 is 0 Å². The maximum absolute atomic E-state index is 12.6. The van der Waals surface area contributed by atoms with Gasteiger partial charge in [-0.25, -0.2) is 0 Å². The van der Waals surface area contributed by atoms with E-state index in [4.69, 9.17) is 4.42 Å². The number of hydrogen-bond acceptors (Lipinski definition) is 6. The van der Waals surface area contributed by atoms with Crippen molar-refractivity contribution in [2.45, 2.75) is 13.8 Å². The van der Waals surface area contributed by atoms with Gasteiger partial charge < -0.3 is 15.1 Å². The maximum atomic E-state index is 12.6. The van der Waals surface area contributed by atoms with Crippen molar-refractivity contribution in [1.82, 2.24) is 20.2 Å². The summed E-state index contributed by atoms with van der Waals surface area (Å²) in [7, 11) is 0. The van der Waals surface area contributed by atoms with Crippen LogP contribution in [0.2, 0.25) is 0 Å². The van der Waals surface area contributed by atoms with E-state index in [0.717, 1.165) is 11.3 Å². The van der Waals surface area contributed by atoms with E-state index in [-0.39, 0.29) is 17.6 Å². The Kier molecular flexibility index (Phi) is 5.08. The van der Waals surface area contributed by atoms with Crippen molar-refractivity contribution in [2.75, 3.05) is 10.6 Å². The lowest BCUT2D eigenvalue weighted by molar-refractivity contribution is 0.0995. The molecule has 0 atom stereocenters. The van der Waals surface area contributed by atoms with Crippen molar-refractivity contribution < 1.29 is 14.0 Å². The van der Waals surface area contributed by atoms with Gasteiger partial charge >= 0.3 is 0 Å². The van der Waals surface area contributed by atoms with E-state index >= 15 is 0 Å². The fourth-order valence-corrected chi connectivity index (χ4v) is 2.88. The predicted molar refractivity (Wildman–Crippen MR) is 110 cm³/mol. The molecule has 9 heteroatoms. The van der Waals surface area contributed by atoms with Crippen LogP contribution in [0.3, 0.4) is 0 Å². The van der Waals surface area contributed by atoms with E-state index in [1.807, 2.05) is 25.1 Å². The van der Waals surface area contributed by atoms with Crippen molar-refractivity contribution in [3.8, 4) is 5.69 Å². The minimum atomic E-state index is -0.359. The number of carbonyl (C=O) groups excluding carboxylic acids is 2. The van der Waals surface area contributed by atoms with Crippen LogP contribution in [0.4, 0.5) is 11.4 Å². The molecule has 2 amide bonds. The van der Waals surface area contributed by atoms with Crippen molar-refractivity contribution >= 4 is 23.2 Å². The number of benzene rings is 2. The summed E-state index contributed by atoms with van der Waals surface area (Å²) < 4.78 is 6.67. The second-order valence-electron chi connectivity index (χ2n) is 6.60. The Bertz CT molecular complexity index is 1200. The van der Waals surface area contributed by atoms with Gasteiger partial charge in [0.1, 0.15) is 0 Å². The molecule has 2 aromatic heterocycles. The molecule has 0 unspecified atom stereocenters. The molecule has 0 aliphatic rings. The Hall–Kier alpha value is -4.27. The third-order valence-corrected chi connectivity index (χ3v) is 4.47. The fraction of sp³-hybridized carbons (Fsp3) is 0.0952. The first-order chi connectivity index (χ1) is 14.5. The van der Waals surface area contributed by atoms with Gasteiger partial charge in [-0.3, -0.25) is 9.59 Å². The van der Waals surface area contributed by atoms with Gasteiger partial charge in [-0.15, -0.1) is 5.10 Å². The number of aryl methyl sites for hydroxylation is 2. The third kappa shape index (κ3) is 3.95. The summed E-state index contributed by atoms with van der Waals surface area (Å²) in [5, 5.41) is 17.1. The number of nitrogens with zero attached hydrogens (tertiary/aromatic N) is 4. The maximum Gasteiger partial charge on any atom is 0.291 e. The van der Waals surface area contributed by atoms with Gasteiger partial charge in [-0.2, -0.15) is 4.68 Å². The zero-order valence-electron chi connectivity index (χ0n) is 16.3. The van der Waals surface area contributed by atoms with E-state index in [1.165, 1.54) is 6.26 Å². The van der Waals surface area contributed by atoms with Gasteiger partial charge in [-0.05, 0) is 78.4 Å². The molecule has 4 aromatic rings. The summed E-state index contributed by atoms with van der Waals surface area (Å²) in [6.07, 6.45) is 1.43. The number of hydrogen-bond donors (Lipinski definition) is 2. The second-order valence-corrected chi connectivity index (χ2v) is 6.60. The van der Waals surface area contributed by atoms with Crippen LogP contribution in [0.25, 0.3) is 5.69 Å². The first kappa shape index (κ1) is 19.1. The van der Waals surface area contributed by atoms with E-state index in [0.29, 0.717) is 22.8 Å². The number of nitrogens with one attached hydrogen (secondary N) is 2. The zero-order valence-corrected chi connectivity index (χ0v) is 16.3. The number of furan rings is 1. The minimum absolute atomic E-state index is 0.213.